The summed E-state index contributed by atoms with van der Waals surface area (Å²) < 4.78 is 27.2. The topological polar surface area (TPSA) is 40.5 Å². The number of carbonyl (C=O) groups is 1. The summed E-state index contributed by atoms with van der Waals surface area (Å²) in [6, 6.07) is 3.07. The van der Waals surface area contributed by atoms with Crippen molar-refractivity contribution < 1.29 is 18.7 Å². The van der Waals surface area contributed by atoms with Gasteiger partial charge in [-0.05, 0) is 50.9 Å². The van der Waals surface area contributed by atoms with Crippen LogP contribution in [-0.4, -0.2) is 29.1 Å². The Morgan fingerprint density at radius 3 is 2.81 bits per heavy atom. The minimum absolute atomic E-state index is 0.285. The molecule has 0 spiro atoms. The summed E-state index contributed by atoms with van der Waals surface area (Å²) in [4.78, 5) is 13.5. The number of hydrogen-bond donors (Lipinski definition) is 1. The number of likely N-dealkylation sites (tertiary alicyclic amines) is 1. The van der Waals surface area contributed by atoms with Crippen LogP contribution in [0.1, 0.15) is 44.7 Å². The minimum Gasteiger partial charge on any atom is -0.481 e. The highest BCUT2D eigenvalue weighted by molar-refractivity contribution is 5.75. The van der Waals surface area contributed by atoms with Gasteiger partial charge in [-0.2, -0.15) is 0 Å². The Morgan fingerprint density at radius 1 is 1.48 bits per heavy atom. The lowest BCUT2D eigenvalue weighted by molar-refractivity contribution is -0.153. The second-order valence-electron chi connectivity index (χ2n) is 5.85. The number of aliphatic carboxylic acids is 1. The first kappa shape index (κ1) is 15.9. The summed E-state index contributed by atoms with van der Waals surface area (Å²) in [6.07, 6.45) is 1.92. The van der Waals surface area contributed by atoms with Crippen LogP contribution in [0.3, 0.4) is 0 Å². The maximum Gasteiger partial charge on any atom is 0.310 e. The van der Waals surface area contributed by atoms with Gasteiger partial charge in [-0.1, -0.05) is 6.92 Å². The standard InChI is InChI=1S/C16H21F2NO2/c1-3-16(15(20)21)7-4-8-19(10-16)11(2)13-9-12(17)5-6-14(13)18/h5-6,9,11H,3-4,7-8,10H2,1-2H3,(H,20,21). The summed E-state index contributed by atoms with van der Waals surface area (Å²) in [6.45, 7) is 4.73. The van der Waals surface area contributed by atoms with Crippen molar-refractivity contribution in [3.63, 3.8) is 0 Å². The van der Waals surface area contributed by atoms with Crippen LogP contribution in [0.5, 0.6) is 0 Å². The molecule has 1 N–H and O–H groups in total. The van der Waals surface area contributed by atoms with E-state index < -0.39 is 23.0 Å². The Kier molecular flexibility index (Phi) is 4.61. The number of benzene rings is 1. The van der Waals surface area contributed by atoms with Gasteiger partial charge in [0, 0.05) is 18.2 Å². The maximum atomic E-state index is 13.9. The molecule has 0 aliphatic carbocycles. The van der Waals surface area contributed by atoms with E-state index in [0.717, 1.165) is 18.6 Å². The number of hydrogen-bond acceptors (Lipinski definition) is 2. The smallest absolute Gasteiger partial charge is 0.310 e. The molecule has 1 aromatic rings. The summed E-state index contributed by atoms with van der Waals surface area (Å²) in [7, 11) is 0. The zero-order valence-electron chi connectivity index (χ0n) is 12.4. The number of carboxylic acid groups (broad SMARTS) is 1. The molecule has 1 saturated heterocycles. The second kappa shape index (κ2) is 6.10. The Bertz CT molecular complexity index is 535. The van der Waals surface area contributed by atoms with E-state index in [1.807, 2.05) is 11.8 Å². The molecule has 2 rings (SSSR count). The lowest BCUT2D eigenvalue weighted by Gasteiger charge is -2.42. The van der Waals surface area contributed by atoms with Crippen LogP contribution in [0.2, 0.25) is 0 Å². The molecule has 5 heteroatoms. The first-order chi connectivity index (χ1) is 9.89. The van der Waals surface area contributed by atoms with Gasteiger partial charge in [0.25, 0.3) is 0 Å². The van der Waals surface area contributed by atoms with Crippen LogP contribution in [-0.2, 0) is 4.79 Å². The lowest BCUT2D eigenvalue weighted by atomic mass is 9.77. The Balaban J connectivity index is 2.25. The molecule has 2 atom stereocenters. The maximum absolute atomic E-state index is 13.9. The van der Waals surface area contributed by atoms with E-state index >= 15 is 0 Å². The molecular weight excluding hydrogens is 276 g/mol. The molecule has 21 heavy (non-hydrogen) atoms. The van der Waals surface area contributed by atoms with Gasteiger partial charge in [-0.3, -0.25) is 9.69 Å². The third kappa shape index (κ3) is 3.07. The molecule has 0 radical (unpaired) electrons. The molecule has 0 bridgehead atoms. The third-order valence-electron chi connectivity index (χ3n) is 4.69. The molecule has 1 heterocycles. The monoisotopic (exact) mass is 297 g/mol. The normalized spacial score (nSPS) is 24.8. The van der Waals surface area contributed by atoms with E-state index in [1.54, 1.807) is 6.92 Å². The highest BCUT2D eigenvalue weighted by Gasteiger charge is 2.42. The number of rotatable bonds is 4. The molecule has 1 aliphatic heterocycles. The summed E-state index contributed by atoms with van der Waals surface area (Å²) >= 11 is 0. The van der Waals surface area contributed by atoms with Crippen LogP contribution >= 0.6 is 0 Å². The zero-order valence-corrected chi connectivity index (χ0v) is 12.4. The first-order valence-electron chi connectivity index (χ1n) is 7.32. The average molecular weight is 297 g/mol. The number of nitrogens with zero attached hydrogens (tertiary/aromatic N) is 1. The van der Waals surface area contributed by atoms with E-state index in [2.05, 4.69) is 0 Å². The van der Waals surface area contributed by atoms with Gasteiger partial charge in [-0.15, -0.1) is 0 Å². The van der Waals surface area contributed by atoms with Crippen molar-refractivity contribution in [2.45, 2.75) is 39.2 Å². The molecule has 2 unspecified atom stereocenters. The highest BCUT2D eigenvalue weighted by atomic mass is 19.1. The van der Waals surface area contributed by atoms with E-state index in [1.165, 1.54) is 6.07 Å². The summed E-state index contributed by atoms with van der Waals surface area (Å²) in [5.74, 6) is -1.73. The Hall–Kier alpha value is -1.49. The lowest BCUT2D eigenvalue weighted by Crippen LogP contribution is -2.48. The van der Waals surface area contributed by atoms with Gasteiger partial charge in [0.15, 0.2) is 0 Å². The summed E-state index contributed by atoms with van der Waals surface area (Å²) in [5, 5.41) is 9.50. The molecule has 0 aromatic heterocycles. The highest BCUT2D eigenvalue weighted by Crippen LogP contribution is 2.37. The molecular formula is C16H21F2NO2. The first-order valence-corrected chi connectivity index (χ1v) is 7.32. The molecule has 116 valence electrons. The zero-order chi connectivity index (χ0) is 15.6. The molecule has 1 aliphatic rings. The van der Waals surface area contributed by atoms with Crippen molar-refractivity contribution >= 4 is 5.97 Å². The number of carboxylic acids is 1. The van der Waals surface area contributed by atoms with E-state index in [0.29, 0.717) is 25.9 Å². The van der Waals surface area contributed by atoms with Crippen LogP contribution < -0.4 is 0 Å². The van der Waals surface area contributed by atoms with Gasteiger partial charge in [0.1, 0.15) is 11.6 Å². The fourth-order valence-corrected chi connectivity index (χ4v) is 3.14. The molecule has 0 saturated carbocycles. The van der Waals surface area contributed by atoms with Crippen LogP contribution in [0, 0.1) is 17.0 Å². The predicted molar refractivity (Wildman–Crippen MR) is 75.9 cm³/mol. The van der Waals surface area contributed by atoms with E-state index in [9.17, 15) is 18.7 Å². The van der Waals surface area contributed by atoms with Gasteiger partial charge < -0.3 is 5.11 Å². The third-order valence-corrected chi connectivity index (χ3v) is 4.69. The van der Waals surface area contributed by atoms with Crippen molar-refractivity contribution in [1.82, 2.24) is 4.90 Å². The van der Waals surface area contributed by atoms with Crippen molar-refractivity contribution in [3.05, 3.63) is 35.4 Å². The van der Waals surface area contributed by atoms with Crippen LogP contribution in [0.4, 0.5) is 8.78 Å². The van der Waals surface area contributed by atoms with Crippen molar-refractivity contribution in [3.8, 4) is 0 Å². The molecule has 1 fully saturated rings. The van der Waals surface area contributed by atoms with Crippen molar-refractivity contribution in [2.24, 2.45) is 5.41 Å². The number of piperidine rings is 1. The van der Waals surface area contributed by atoms with Gasteiger partial charge in [-0.25, -0.2) is 8.78 Å². The predicted octanol–water partition coefficient (Wildman–Crippen LogP) is 3.60. The fourth-order valence-electron chi connectivity index (χ4n) is 3.14. The molecule has 0 amide bonds. The average Bonchev–Trinajstić information content (AvgIpc) is 2.48. The van der Waals surface area contributed by atoms with Crippen molar-refractivity contribution in [1.29, 1.82) is 0 Å². The van der Waals surface area contributed by atoms with Crippen molar-refractivity contribution in [2.75, 3.05) is 13.1 Å². The quantitative estimate of drug-likeness (QED) is 0.923. The summed E-state index contributed by atoms with van der Waals surface area (Å²) in [5.41, 5.74) is -0.497. The van der Waals surface area contributed by atoms with Gasteiger partial charge >= 0.3 is 5.97 Å². The Labute approximate surface area is 123 Å². The Morgan fingerprint density at radius 2 is 2.19 bits per heavy atom. The van der Waals surface area contributed by atoms with E-state index in [4.69, 9.17) is 0 Å². The molecule has 1 aromatic carbocycles. The van der Waals surface area contributed by atoms with Crippen LogP contribution in [0.25, 0.3) is 0 Å². The van der Waals surface area contributed by atoms with Crippen LogP contribution in [0.15, 0.2) is 18.2 Å². The fraction of sp³-hybridized carbons (Fsp3) is 0.562. The van der Waals surface area contributed by atoms with E-state index in [-0.39, 0.29) is 11.6 Å². The SMILES string of the molecule is CCC1(C(=O)O)CCCN(C(C)c2cc(F)ccc2F)C1. The van der Waals surface area contributed by atoms with Gasteiger partial charge in [0.2, 0.25) is 0 Å². The number of halogens is 2. The minimum atomic E-state index is -0.804. The molecule has 3 nitrogen and oxygen atoms in total. The largest absolute Gasteiger partial charge is 0.481 e. The second-order valence-corrected chi connectivity index (χ2v) is 5.85. The van der Waals surface area contributed by atoms with Gasteiger partial charge in [0.05, 0.1) is 5.41 Å².